The molecule has 0 N–H and O–H groups in total. The molecule has 29 heavy (non-hydrogen) atoms. The second-order valence-corrected chi connectivity index (χ2v) is 12.8. The summed E-state index contributed by atoms with van der Waals surface area (Å²) >= 11 is 0. The maximum Gasteiger partial charge on any atom is 0.180 e. The topological polar surface area (TPSA) is 71.5 Å². The minimum atomic E-state index is -3.65. The van der Waals surface area contributed by atoms with Crippen LogP contribution in [-0.4, -0.2) is 52.9 Å². The lowest BCUT2D eigenvalue weighted by Gasteiger charge is -2.38. The number of piperidine rings is 1. The number of sulfone groups is 2. The summed E-state index contributed by atoms with van der Waals surface area (Å²) in [7, 11) is -7.24. The Morgan fingerprint density at radius 1 is 0.828 bits per heavy atom. The zero-order valence-electron chi connectivity index (χ0n) is 17.6. The molecule has 3 rings (SSSR count). The van der Waals surface area contributed by atoms with E-state index in [-0.39, 0.29) is 21.3 Å². The molecular formula is C22H35NO4S2. The Hall–Kier alpha value is -0.920. The third kappa shape index (κ3) is 5.82. The molecule has 7 heteroatoms. The molecular weight excluding hydrogens is 406 g/mol. The average Bonchev–Trinajstić information content (AvgIpc) is 2.73. The van der Waals surface area contributed by atoms with Crippen LogP contribution in [0.1, 0.15) is 58.3 Å². The van der Waals surface area contributed by atoms with E-state index < -0.39 is 19.7 Å². The molecule has 1 atom stereocenters. The van der Waals surface area contributed by atoms with Gasteiger partial charge in [-0.15, -0.1) is 0 Å². The van der Waals surface area contributed by atoms with Crippen LogP contribution in [0.4, 0.5) is 0 Å². The molecule has 1 aromatic rings. The number of hydrogen-bond acceptors (Lipinski definition) is 5. The lowest BCUT2D eigenvalue weighted by molar-refractivity contribution is 0.119. The Morgan fingerprint density at radius 2 is 1.41 bits per heavy atom. The Balaban J connectivity index is 1.67. The zero-order valence-corrected chi connectivity index (χ0v) is 19.2. The van der Waals surface area contributed by atoms with Crippen LogP contribution in [-0.2, 0) is 19.7 Å². The summed E-state index contributed by atoms with van der Waals surface area (Å²) < 4.78 is 51.2. The van der Waals surface area contributed by atoms with Gasteiger partial charge in [0, 0.05) is 13.1 Å². The normalized spacial score (nSPS) is 22.6. The first-order chi connectivity index (χ1) is 13.8. The predicted molar refractivity (Wildman–Crippen MR) is 117 cm³/mol. The molecule has 0 radical (unpaired) electrons. The van der Waals surface area contributed by atoms with Gasteiger partial charge in [0.1, 0.15) is 0 Å². The first-order valence-corrected chi connectivity index (χ1v) is 14.4. The number of hydrogen-bond donors (Lipinski definition) is 0. The van der Waals surface area contributed by atoms with Crippen molar-refractivity contribution in [2.24, 2.45) is 11.8 Å². The first-order valence-electron chi connectivity index (χ1n) is 11.1. The van der Waals surface area contributed by atoms with E-state index in [0.717, 1.165) is 25.4 Å². The van der Waals surface area contributed by atoms with Crippen molar-refractivity contribution in [2.75, 3.05) is 31.1 Å². The van der Waals surface area contributed by atoms with Crippen LogP contribution >= 0.6 is 0 Å². The maximum absolute atomic E-state index is 13.0. The molecule has 164 valence electrons. The fourth-order valence-electron chi connectivity index (χ4n) is 4.99. The monoisotopic (exact) mass is 441 g/mol. The Morgan fingerprint density at radius 3 is 2.03 bits per heavy atom. The van der Waals surface area contributed by atoms with E-state index in [1.807, 2.05) is 0 Å². The molecule has 0 spiro atoms. The average molecular weight is 442 g/mol. The number of rotatable bonds is 8. The quantitative estimate of drug-likeness (QED) is 0.611. The van der Waals surface area contributed by atoms with Gasteiger partial charge in [-0.25, -0.2) is 16.8 Å². The molecule has 1 aliphatic carbocycles. The highest BCUT2D eigenvalue weighted by molar-refractivity contribution is 7.94. The number of likely N-dealkylation sites (tertiary alicyclic amines) is 1. The highest BCUT2D eigenvalue weighted by Crippen LogP contribution is 2.35. The third-order valence-electron chi connectivity index (χ3n) is 6.53. The van der Waals surface area contributed by atoms with Crippen LogP contribution in [0.15, 0.2) is 34.1 Å². The number of benzene rings is 1. The van der Waals surface area contributed by atoms with Gasteiger partial charge in [-0.3, -0.25) is 0 Å². The molecule has 2 aliphatic rings. The third-order valence-corrected chi connectivity index (χ3v) is 10.4. The van der Waals surface area contributed by atoms with Crippen LogP contribution in [0, 0.1) is 11.8 Å². The maximum atomic E-state index is 13.0. The Bertz CT molecular complexity index is 874. The van der Waals surface area contributed by atoms with Crippen LogP contribution < -0.4 is 0 Å². The van der Waals surface area contributed by atoms with E-state index in [0.29, 0.717) is 18.9 Å². The molecule has 1 saturated heterocycles. The largest absolute Gasteiger partial charge is 0.302 e. The van der Waals surface area contributed by atoms with E-state index in [9.17, 15) is 16.8 Å². The van der Waals surface area contributed by atoms with E-state index in [1.165, 1.54) is 50.7 Å². The van der Waals surface area contributed by atoms with Gasteiger partial charge in [-0.05, 0) is 49.8 Å². The van der Waals surface area contributed by atoms with Crippen LogP contribution in [0.25, 0.3) is 0 Å². The van der Waals surface area contributed by atoms with Gasteiger partial charge >= 0.3 is 0 Å². The zero-order chi connectivity index (χ0) is 20.9. The molecule has 1 heterocycles. The summed E-state index contributed by atoms with van der Waals surface area (Å²) in [4.78, 5) is 2.21. The van der Waals surface area contributed by atoms with Crippen molar-refractivity contribution in [1.29, 1.82) is 0 Å². The van der Waals surface area contributed by atoms with Crippen LogP contribution in [0.5, 0.6) is 0 Å². The fourth-order valence-corrected chi connectivity index (χ4v) is 8.55. The van der Waals surface area contributed by atoms with E-state index in [4.69, 9.17) is 0 Å². The highest BCUT2D eigenvalue weighted by atomic mass is 32.2. The summed E-state index contributed by atoms with van der Waals surface area (Å²) in [5, 5.41) is 0. The Labute approximate surface area is 176 Å². The van der Waals surface area contributed by atoms with Gasteiger partial charge in [0.25, 0.3) is 0 Å². The standard InChI is InChI=1S/C22H35NO4S2/c1-2-16-28(24,25)21-12-6-7-13-22(21)29(26,27)17-15-23-14-8-11-20(18-23)19-9-4-3-5-10-19/h6-7,12-13,19-20H,2-5,8-11,14-18H2,1H3. The first kappa shape index (κ1) is 22.8. The summed E-state index contributed by atoms with van der Waals surface area (Å²) in [6.07, 6.45) is 9.50. The summed E-state index contributed by atoms with van der Waals surface area (Å²) in [5.41, 5.74) is 0. The molecule has 0 amide bonds. The molecule has 0 bridgehead atoms. The summed E-state index contributed by atoms with van der Waals surface area (Å²) in [6, 6.07) is 6.08. The molecule has 5 nitrogen and oxygen atoms in total. The second kappa shape index (κ2) is 9.92. The Kier molecular flexibility index (Phi) is 7.79. The van der Waals surface area contributed by atoms with Crippen molar-refractivity contribution in [2.45, 2.75) is 68.1 Å². The predicted octanol–water partition coefficient (Wildman–Crippen LogP) is 3.94. The molecule has 0 aromatic heterocycles. The number of nitrogens with zero attached hydrogens (tertiary/aromatic N) is 1. The van der Waals surface area contributed by atoms with Gasteiger partial charge in [0.2, 0.25) is 0 Å². The minimum Gasteiger partial charge on any atom is -0.302 e. The fraction of sp³-hybridized carbons (Fsp3) is 0.727. The van der Waals surface area contributed by atoms with Crippen molar-refractivity contribution in [1.82, 2.24) is 4.90 Å². The van der Waals surface area contributed by atoms with Crippen molar-refractivity contribution in [3.8, 4) is 0 Å². The van der Waals surface area contributed by atoms with Crippen molar-refractivity contribution < 1.29 is 16.8 Å². The van der Waals surface area contributed by atoms with E-state index in [1.54, 1.807) is 19.1 Å². The second-order valence-electron chi connectivity index (χ2n) is 8.69. The SMILES string of the molecule is CCCS(=O)(=O)c1ccccc1S(=O)(=O)CCN1CCCC(C2CCCCC2)C1. The summed E-state index contributed by atoms with van der Waals surface area (Å²) in [5.74, 6) is 1.42. The van der Waals surface area contributed by atoms with Gasteiger partial charge in [-0.1, -0.05) is 51.2 Å². The summed E-state index contributed by atoms with van der Waals surface area (Å²) in [6.45, 7) is 4.19. The lowest BCUT2D eigenvalue weighted by Crippen LogP contribution is -2.41. The van der Waals surface area contributed by atoms with Gasteiger partial charge < -0.3 is 4.90 Å². The smallest absolute Gasteiger partial charge is 0.180 e. The molecule has 1 aliphatic heterocycles. The molecule has 1 aromatic carbocycles. The van der Waals surface area contributed by atoms with Gasteiger partial charge in [-0.2, -0.15) is 0 Å². The van der Waals surface area contributed by atoms with Crippen molar-refractivity contribution >= 4 is 19.7 Å². The molecule has 1 saturated carbocycles. The van der Waals surface area contributed by atoms with E-state index in [2.05, 4.69) is 4.90 Å². The van der Waals surface area contributed by atoms with Gasteiger partial charge in [0.15, 0.2) is 19.7 Å². The highest BCUT2D eigenvalue weighted by Gasteiger charge is 2.30. The van der Waals surface area contributed by atoms with Gasteiger partial charge in [0.05, 0.1) is 21.3 Å². The lowest BCUT2D eigenvalue weighted by atomic mass is 9.76. The van der Waals surface area contributed by atoms with Crippen molar-refractivity contribution in [3.63, 3.8) is 0 Å². The molecule has 1 unspecified atom stereocenters. The van der Waals surface area contributed by atoms with Crippen molar-refractivity contribution in [3.05, 3.63) is 24.3 Å². The van der Waals surface area contributed by atoms with Crippen LogP contribution in [0.3, 0.4) is 0 Å². The minimum absolute atomic E-state index is 0.0248. The molecule has 2 fully saturated rings. The van der Waals surface area contributed by atoms with Crippen LogP contribution in [0.2, 0.25) is 0 Å². The van der Waals surface area contributed by atoms with E-state index >= 15 is 0 Å².